The number of likely N-dealkylation sites (N-methyl/N-ethyl adjacent to an activating group) is 1. The third-order valence-corrected chi connectivity index (χ3v) is 4.57. The van der Waals surface area contributed by atoms with Crippen molar-refractivity contribution in [2.75, 3.05) is 27.7 Å². The van der Waals surface area contributed by atoms with E-state index in [0.717, 1.165) is 16.9 Å². The number of methoxy groups -OCH3 is 1. The molecular formula is C22H26N4O3. The summed E-state index contributed by atoms with van der Waals surface area (Å²) in [6.45, 7) is 0.664. The Kier molecular flexibility index (Phi) is 6.86. The molecule has 7 heteroatoms. The van der Waals surface area contributed by atoms with E-state index in [-0.39, 0.29) is 18.6 Å². The van der Waals surface area contributed by atoms with Gasteiger partial charge in [-0.15, -0.1) is 0 Å². The van der Waals surface area contributed by atoms with Gasteiger partial charge in [-0.25, -0.2) is 9.78 Å². The van der Waals surface area contributed by atoms with E-state index < -0.39 is 0 Å². The SMILES string of the molecule is COc1cccc(C(CNC(=O)NCc2ncc(-c3ccccc3)o2)N(C)C)c1. The van der Waals surface area contributed by atoms with E-state index in [1.165, 1.54) is 0 Å². The van der Waals surface area contributed by atoms with Crippen molar-refractivity contribution >= 4 is 6.03 Å². The van der Waals surface area contributed by atoms with Crippen LogP contribution in [0.2, 0.25) is 0 Å². The number of oxazole rings is 1. The molecule has 0 aliphatic carbocycles. The molecule has 2 amide bonds. The Morgan fingerprint density at radius 2 is 1.93 bits per heavy atom. The van der Waals surface area contributed by atoms with Crippen molar-refractivity contribution in [3.63, 3.8) is 0 Å². The number of urea groups is 1. The Morgan fingerprint density at radius 3 is 2.66 bits per heavy atom. The van der Waals surface area contributed by atoms with Crippen molar-refractivity contribution in [3.8, 4) is 17.1 Å². The van der Waals surface area contributed by atoms with Crippen molar-refractivity contribution in [2.45, 2.75) is 12.6 Å². The van der Waals surface area contributed by atoms with Crippen LogP contribution in [-0.2, 0) is 6.54 Å². The van der Waals surface area contributed by atoms with Gasteiger partial charge in [-0.05, 0) is 31.8 Å². The zero-order valence-electron chi connectivity index (χ0n) is 16.9. The number of aromatic nitrogens is 1. The minimum atomic E-state index is -0.279. The second kappa shape index (κ2) is 9.75. The maximum absolute atomic E-state index is 12.2. The van der Waals surface area contributed by atoms with Gasteiger partial charge in [0.25, 0.3) is 0 Å². The molecule has 0 spiro atoms. The summed E-state index contributed by atoms with van der Waals surface area (Å²) in [5, 5.41) is 5.69. The van der Waals surface area contributed by atoms with Gasteiger partial charge in [0.15, 0.2) is 5.76 Å². The van der Waals surface area contributed by atoms with Crippen LogP contribution in [0.1, 0.15) is 17.5 Å². The Labute approximate surface area is 170 Å². The fourth-order valence-corrected chi connectivity index (χ4v) is 2.98. The molecule has 0 aliphatic rings. The molecule has 0 saturated carbocycles. The number of carbonyl (C=O) groups excluding carboxylic acids is 1. The van der Waals surface area contributed by atoms with Gasteiger partial charge in [-0.2, -0.15) is 0 Å². The van der Waals surface area contributed by atoms with Gasteiger partial charge < -0.3 is 24.7 Å². The molecule has 1 unspecified atom stereocenters. The molecule has 0 fully saturated rings. The maximum atomic E-state index is 12.2. The fraction of sp³-hybridized carbons (Fsp3) is 0.273. The van der Waals surface area contributed by atoms with Gasteiger partial charge in [0, 0.05) is 12.1 Å². The van der Waals surface area contributed by atoms with Crippen molar-refractivity contribution in [2.24, 2.45) is 0 Å². The van der Waals surface area contributed by atoms with Crippen LogP contribution >= 0.6 is 0 Å². The minimum Gasteiger partial charge on any atom is -0.497 e. The van der Waals surface area contributed by atoms with Crippen molar-refractivity contribution < 1.29 is 13.9 Å². The number of benzene rings is 2. The van der Waals surface area contributed by atoms with Crippen LogP contribution in [0, 0.1) is 0 Å². The number of nitrogens with one attached hydrogen (secondary N) is 2. The Hall–Kier alpha value is -3.32. The summed E-state index contributed by atoms with van der Waals surface area (Å²) < 4.78 is 11.0. The third kappa shape index (κ3) is 5.58. The molecule has 1 heterocycles. The molecular weight excluding hydrogens is 368 g/mol. The van der Waals surface area contributed by atoms with E-state index >= 15 is 0 Å². The summed E-state index contributed by atoms with van der Waals surface area (Å²) in [4.78, 5) is 18.5. The van der Waals surface area contributed by atoms with Crippen molar-refractivity contribution in [1.29, 1.82) is 0 Å². The second-order valence-electron chi connectivity index (χ2n) is 6.80. The highest BCUT2D eigenvalue weighted by atomic mass is 16.5. The smallest absolute Gasteiger partial charge is 0.315 e. The summed E-state index contributed by atoms with van der Waals surface area (Å²) >= 11 is 0. The number of hydrogen-bond donors (Lipinski definition) is 2. The van der Waals surface area contributed by atoms with Crippen LogP contribution < -0.4 is 15.4 Å². The molecule has 0 radical (unpaired) electrons. The van der Waals surface area contributed by atoms with Gasteiger partial charge in [-0.3, -0.25) is 0 Å². The van der Waals surface area contributed by atoms with Gasteiger partial charge in [0.2, 0.25) is 5.89 Å². The van der Waals surface area contributed by atoms with Gasteiger partial charge in [0.05, 0.1) is 25.9 Å². The maximum Gasteiger partial charge on any atom is 0.315 e. The van der Waals surface area contributed by atoms with Crippen molar-refractivity contribution in [1.82, 2.24) is 20.5 Å². The molecule has 1 atom stereocenters. The monoisotopic (exact) mass is 394 g/mol. The lowest BCUT2D eigenvalue weighted by Gasteiger charge is -2.25. The van der Waals surface area contributed by atoms with E-state index in [9.17, 15) is 4.79 Å². The molecule has 1 aromatic heterocycles. The number of ether oxygens (including phenoxy) is 1. The normalized spacial score (nSPS) is 11.9. The van der Waals surface area contributed by atoms with Gasteiger partial charge >= 0.3 is 6.03 Å². The topological polar surface area (TPSA) is 79.6 Å². The summed E-state index contributed by atoms with van der Waals surface area (Å²) in [5.74, 6) is 1.92. The first-order valence-electron chi connectivity index (χ1n) is 9.39. The molecule has 0 aliphatic heterocycles. The Morgan fingerprint density at radius 1 is 1.14 bits per heavy atom. The van der Waals surface area contributed by atoms with Crippen LogP contribution in [0.5, 0.6) is 5.75 Å². The number of amides is 2. The molecule has 2 aromatic carbocycles. The lowest BCUT2D eigenvalue weighted by molar-refractivity contribution is 0.231. The molecule has 0 bridgehead atoms. The molecule has 2 N–H and O–H groups in total. The molecule has 3 rings (SSSR count). The first-order chi connectivity index (χ1) is 14.1. The standard InChI is InChI=1S/C22H26N4O3/c1-26(2)19(17-10-7-11-18(12-17)28-3)13-24-22(27)25-15-21-23-14-20(29-21)16-8-5-4-6-9-16/h4-12,14,19H,13,15H2,1-3H3,(H2,24,25,27). The van der Waals surface area contributed by atoms with Crippen LogP contribution in [0.4, 0.5) is 4.79 Å². The Balaban J connectivity index is 1.53. The minimum absolute atomic E-state index is 0.0160. The molecule has 29 heavy (non-hydrogen) atoms. The first kappa shape index (κ1) is 20.4. The zero-order valence-corrected chi connectivity index (χ0v) is 16.9. The molecule has 3 aromatic rings. The number of rotatable bonds is 8. The summed E-state index contributed by atoms with van der Waals surface area (Å²) in [6.07, 6.45) is 1.66. The molecule has 7 nitrogen and oxygen atoms in total. The molecule has 0 saturated heterocycles. The lowest BCUT2D eigenvalue weighted by Crippen LogP contribution is -2.40. The third-order valence-electron chi connectivity index (χ3n) is 4.57. The summed E-state index contributed by atoms with van der Waals surface area (Å²) in [7, 11) is 5.59. The van der Waals surface area contributed by atoms with E-state index in [1.54, 1.807) is 13.3 Å². The lowest BCUT2D eigenvalue weighted by atomic mass is 10.1. The first-order valence-corrected chi connectivity index (χ1v) is 9.39. The largest absolute Gasteiger partial charge is 0.497 e. The summed E-state index contributed by atoms with van der Waals surface area (Å²) in [5.41, 5.74) is 2.01. The quantitative estimate of drug-likeness (QED) is 0.612. The van der Waals surface area contributed by atoms with E-state index in [2.05, 4.69) is 20.5 Å². The van der Waals surface area contributed by atoms with E-state index in [4.69, 9.17) is 9.15 Å². The summed E-state index contributed by atoms with van der Waals surface area (Å²) in [6, 6.07) is 17.3. The highest BCUT2D eigenvalue weighted by Gasteiger charge is 2.16. The predicted octanol–water partition coefficient (Wildman–Crippen LogP) is 3.45. The highest BCUT2D eigenvalue weighted by Crippen LogP contribution is 2.22. The average molecular weight is 394 g/mol. The van der Waals surface area contributed by atoms with Crippen LogP contribution in [-0.4, -0.2) is 43.7 Å². The van der Waals surface area contributed by atoms with Gasteiger partial charge in [0.1, 0.15) is 5.75 Å². The zero-order chi connectivity index (χ0) is 20.6. The molecule has 152 valence electrons. The predicted molar refractivity (Wildman–Crippen MR) is 112 cm³/mol. The average Bonchev–Trinajstić information content (AvgIpc) is 3.22. The van der Waals surface area contributed by atoms with Crippen LogP contribution in [0.25, 0.3) is 11.3 Å². The van der Waals surface area contributed by atoms with Crippen LogP contribution in [0.15, 0.2) is 65.2 Å². The van der Waals surface area contributed by atoms with E-state index in [1.807, 2.05) is 68.7 Å². The van der Waals surface area contributed by atoms with E-state index in [0.29, 0.717) is 18.2 Å². The number of carbonyl (C=O) groups is 1. The second-order valence-corrected chi connectivity index (χ2v) is 6.80. The Bertz CT molecular complexity index is 925. The van der Waals surface area contributed by atoms with Gasteiger partial charge in [-0.1, -0.05) is 42.5 Å². The fourth-order valence-electron chi connectivity index (χ4n) is 2.98. The number of nitrogens with zero attached hydrogens (tertiary/aromatic N) is 2. The van der Waals surface area contributed by atoms with Crippen LogP contribution in [0.3, 0.4) is 0 Å². The number of hydrogen-bond acceptors (Lipinski definition) is 5. The van der Waals surface area contributed by atoms with Crippen molar-refractivity contribution in [3.05, 3.63) is 72.2 Å². The highest BCUT2D eigenvalue weighted by molar-refractivity contribution is 5.73.